The molecule has 1 saturated heterocycles. The number of carbonyl (C=O) groups is 4. The molecule has 1 N–H and O–H groups in total. The first kappa shape index (κ1) is 26.5. The van der Waals surface area contributed by atoms with Crippen LogP contribution in [0.3, 0.4) is 0 Å². The van der Waals surface area contributed by atoms with Gasteiger partial charge in [-0.3, -0.25) is 14.4 Å². The van der Waals surface area contributed by atoms with Gasteiger partial charge in [-0.25, -0.2) is 9.78 Å². The molecule has 11 nitrogen and oxygen atoms in total. The Balaban J connectivity index is 1.74. The minimum Gasteiger partial charge on any atom is -0.493 e. The molecule has 1 aromatic heterocycles. The molecule has 2 unspecified atom stereocenters. The van der Waals surface area contributed by atoms with Gasteiger partial charge in [0.05, 0.1) is 19.1 Å². The van der Waals surface area contributed by atoms with Crippen molar-refractivity contribution in [1.82, 2.24) is 10.3 Å². The van der Waals surface area contributed by atoms with E-state index in [-0.39, 0.29) is 23.6 Å². The van der Waals surface area contributed by atoms with Gasteiger partial charge in [0, 0.05) is 19.2 Å². The van der Waals surface area contributed by atoms with E-state index in [2.05, 4.69) is 10.3 Å². The number of ether oxygens (including phenoxy) is 5. The maximum absolute atomic E-state index is 13.0. The van der Waals surface area contributed by atoms with Crippen molar-refractivity contribution in [3.05, 3.63) is 53.9 Å². The molecule has 1 amide bonds. The van der Waals surface area contributed by atoms with Crippen LogP contribution in [0.5, 0.6) is 11.5 Å². The van der Waals surface area contributed by atoms with Gasteiger partial charge in [0.1, 0.15) is 6.61 Å². The van der Waals surface area contributed by atoms with E-state index >= 15 is 0 Å². The highest BCUT2D eigenvalue weighted by Gasteiger charge is 2.33. The Morgan fingerprint density at radius 1 is 1.14 bits per heavy atom. The van der Waals surface area contributed by atoms with Crippen LogP contribution in [0.2, 0.25) is 0 Å². The molecular weight excluding hydrogens is 472 g/mol. The molecule has 3 rings (SSSR count). The molecule has 2 aromatic rings. The van der Waals surface area contributed by atoms with Gasteiger partial charge in [0.15, 0.2) is 23.2 Å². The third-order valence-electron chi connectivity index (χ3n) is 5.34. The standard InChI is InChI=1S/C25H28N2O9/c1-15-11-18(12-17-7-5-4-6-8-17)24(30)33-13-19(25(31)36-15)27-23(29)21-22(35-14-34-16(2)28)20(32-3)9-10-26-21/h4-10,15,18-19H,11-14H2,1-3H3,(H,27,29)/t15?,18?,19-/m0/s1. The lowest BCUT2D eigenvalue weighted by Gasteiger charge is -2.19. The van der Waals surface area contributed by atoms with Gasteiger partial charge >= 0.3 is 17.9 Å². The van der Waals surface area contributed by atoms with Crippen LogP contribution in [0.25, 0.3) is 0 Å². The number of nitrogens with one attached hydrogen (secondary N) is 1. The highest BCUT2D eigenvalue weighted by atomic mass is 16.7. The van der Waals surface area contributed by atoms with E-state index in [4.69, 9.17) is 23.7 Å². The molecule has 0 bridgehead atoms. The monoisotopic (exact) mass is 500 g/mol. The largest absolute Gasteiger partial charge is 0.493 e. The number of benzene rings is 1. The van der Waals surface area contributed by atoms with Crippen LogP contribution in [-0.4, -0.2) is 61.5 Å². The molecule has 11 heteroatoms. The van der Waals surface area contributed by atoms with Crippen LogP contribution < -0.4 is 14.8 Å². The third-order valence-corrected chi connectivity index (χ3v) is 5.34. The summed E-state index contributed by atoms with van der Waals surface area (Å²) < 4.78 is 26.2. The minimum absolute atomic E-state index is 0.0940. The lowest BCUT2D eigenvalue weighted by molar-refractivity contribution is -0.152. The molecule has 3 atom stereocenters. The molecule has 1 aromatic carbocycles. The van der Waals surface area contributed by atoms with Crippen molar-refractivity contribution >= 4 is 23.8 Å². The highest BCUT2D eigenvalue weighted by Crippen LogP contribution is 2.29. The zero-order valence-electron chi connectivity index (χ0n) is 20.2. The highest BCUT2D eigenvalue weighted by molar-refractivity contribution is 5.98. The van der Waals surface area contributed by atoms with E-state index in [9.17, 15) is 19.2 Å². The second-order valence-corrected chi connectivity index (χ2v) is 8.11. The molecule has 0 saturated carbocycles. The van der Waals surface area contributed by atoms with E-state index in [0.29, 0.717) is 6.42 Å². The second-order valence-electron chi connectivity index (χ2n) is 8.11. The van der Waals surface area contributed by atoms with Crippen molar-refractivity contribution in [2.75, 3.05) is 20.5 Å². The molecule has 2 heterocycles. The third kappa shape index (κ3) is 7.17. The first-order chi connectivity index (χ1) is 17.3. The lowest BCUT2D eigenvalue weighted by Crippen LogP contribution is -2.46. The van der Waals surface area contributed by atoms with E-state index in [1.807, 2.05) is 30.3 Å². The number of amides is 1. The number of methoxy groups -OCH3 is 1. The number of esters is 3. The van der Waals surface area contributed by atoms with Gasteiger partial charge in [-0.15, -0.1) is 0 Å². The first-order valence-corrected chi connectivity index (χ1v) is 11.3. The second kappa shape index (κ2) is 12.5. The Morgan fingerprint density at radius 2 is 1.89 bits per heavy atom. The smallest absolute Gasteiger partial charge is 0.332 e. The maximum Gasteiger partial charge on any atom is 0.332 e. The summed E-state index contributed by atoms with van der Waals surface area (Å²) in [7, 11) is 1.36. The normalized spacial score (nSPS) is 20.0. The molecule has 1 aliphatic heterocycles. The van der Waals surface area contributed by atoms with Crippen molar-refractivity contribution in [3.63, 3.8) is 0 Å². The van der Waals surface area contributed by atoms with Gasteiger partial charge in [0.25, 0.3) is 5.91 Å². The van der Waals surface area contributed by atoms with Crippen LogP contribution in [0.1, 0.15) is 36.3 Å². The van der Waals surface area contributed by atoms with E-state index in [1.165, 1.54) is 26.3 Å². The van der Waals surface area contributed by atoms with Crippen LogP contribution in [0.15, 0.2) is 42.6 Å². The van der Waals surface area contributed by atoms with Crippen LogP contribution >= 0.6 is 0 Å². The Hall–Kier alpha value is -4.15. The van der Waals surface area contributed by atoms with Crippen LogP contribution in [-0.2, 0) is 35.0 Å². The Labute approximate surface area is 208 Å². The summed E-state index contributed by atoms with van der Waals surface area (Å²) in [6.07, 6.45) is 1.42. The number of hydrogen-bond donors (Lipinski definition) is 1. The fraction of sp³-hybridized carbons (Fsp3) is 0.400. The molecule has 0 aliphatic carbocycles. The van der Waals surface area contributed by atoms with E-state index in [1.54, 1.807) is 6.92 Å². The topological polar surface area (TPSA) is 139 Å². The van der Waals surface area contributed by atoms with Crippen molar-refractivity contribution < 1.29 is 42.9 Å². The summed E-state index contributed by atoms with van der Waals surface area (Å²) in [5, 5.41) is 2.48. The predicted molar refractivity (Wildman–Crippen MR) is 124 cm³/mol. The SMILES string of the molecule is COc1ccnc(C(=O)N[C@H]2COC(=O)C(Cc3ccccc3)CC(C)OC2=O)c1OCOC(C)=O. The summed E-state index contributed by atoms with van der Waals surface area (Å²) in [4.78, 5) is 53.6. The van der Waals surface area contributed by atoms with E-state index in [0.717, 1.165) is 5.56 Å². The number of cyclic esters (lactones) is 2. The quantitative estimate of drug-likeness (QED) is 0.324. The first-order valence-electron chi connectivity index (χ1n) is 11.3. The lowest BCUT2D eigenvalue weighted by atomic mass is 9.94. The molecule has 36 heavy (non-hydrogen) atoms. The summed E-state index contributed by atoms with van der Waals surface area (Å²) in [6, 6.07) is 9.61. The zero-order chi connectivity index (χ0) is 26.1. The number of nitrogens with zero attached hydrogens (tertiary/aromatic N) is 1. The fourth-order valence-corrected chi connectivity index (χ4v) is 3.63. The summed E-state index contributed by atoms with van der Waals surface area (Å²) in [5.41, 5.74) is 0.725. The predicted octanol–water partition coefficient (Wildman–Crippen LogP) is 1.83. The summed E-state index contributed by atoms with van der Waals surface area (Å²) in [5.74, 6) is -3.10. The number of rotatable bonds is 8. The van der Waals surface area contributed by atoms with Gasteiger partial charge in [-0.1, -0.05) is 30.3 Å². The van der Waals surface area contributed by atoms with Gasteiger partial charge in [-0.2, -0.15) is 0 Å². The Kier molecular flexibility index (Phi) is 9.20. The van der Waals surface area contributed by atoms with Gasteiger partial charge in [0.2, 0.25) is 6.79 Å². The minimum atomic E-state index is -1.28. The number of carbonyl (C=O) groups excluding carboxylic acids is 4. The number of aromatic nitrogens is 1. The van der Waals surface area contributed by atoms with Crippen LogP contribution in [0.4, 0.5) is 0 Å². The fourth-order valence-electron chi connectivity index (χ4n) is 3.63. The Bertz CT molecular complexity index is 1090. The van der Waals surface area contributed by atoms with Crippen molar-refractivity contribution in [2.45, 2.75) is 38.8 Å². The number of pyridine rings is 1. The zero-order valence-corrected chi connectivity index (χ0v) is 20.2. The number of hydrogen-bond acceptors (Lipinski definition) is 10. The summed E-state index contributed by atoms with van der Waals surface area (Å²) >= 11 is 0. The average Bonchev–Trinajstić information content (AvgIpc) is 2.89. The van der Waals surface area contributed by atoms with E-state index < -0.39 is 55.3 Å². The van der Waals surface area contributed by atoms with Gasteiger partial charge < -0.3 is 29.0 Å². The molecule has 0 spiro atoms. The molecule has 0 radical (unpaired) electrons. The molecule has 1 aliphatic rings. The molecule has 1 fully saturated rings. The average molecular weight is 501 g/mol. The van der Waals surface area contributed by atoms with Crippen LogP contribution in [0, 0.1) is 5.92 Å². The van der Waals surface area contributed by atoms with Gasteiger partial charge in [-0.05, 0) is 25.3 Å². The van der Waals surface area contributed by atoms with Crippen molar-refractivity contribution in [2.24, 2.45) is 5.92 Å². The Morgan fingerprint density at radius 3 is 2.58 bits per heavy atom. The van der Waals surface area contributed by atoms with Crippen molar-refractivity contribution in [1.29, 1.82) is 0 Å². The molecular formula is C25H28N2O9. The summed E-state index contributed by atoms with van der Waals surface area (Å²) in [6.45, 7) is 1.97. The van der Waals surface area contributed by atoms with Crippen molar-refractivity contribution in [3.8, 4) is 11.5 Å². The maximum atomic E-state index is 13.0. The molecule has 192 valence electrons.